The number of amides is 1. The zero-order chi connectivity index (χ0) is 29.4. The van der Waals surface area contributed by atoms with E-state index in [0.29, 0.717) is 17.5 Å². The van der Waals surface area contributed by atoms with Gasteiger partial charge in [-0.2, -0.15) is 13.2 Å². The summed E-state index contributed by atoms with van der Waals surface area (Å²) in [7, 11) is 0. The molecule has 1 N–H and O–H groups in total. The third-order valence-electron chi connectivity index (χ3n) is 6.66. The number of aromatic nitrogens is 2. The van der Waals surface area contributed by atoms with Gasteiger partial charge in [-0.15, -0.1) is 0 Å². The highest BCUT2D eigenvalue weighted by atomic mass is 19.4. The number of hydrogen-bond acceptors (Lipinski definition) is 5. The van der Waals surface area contributed by atoms with Crippen LogP contribution in [0.5, 0.6) is 5.75 Å². The SMILES string of the molecule is CCN(CC)CCCOc1ccc(NC(=O)c2ccc(C)c(C#Cc3cncc4cccnc34)c2)cc1C(F)(F)F. The number of nitrogens with zero attached hydrogens (tertiary/aromatic N) is 3. The molecule has 0 saturated carbocycles. The van der Waals surface area contributed by atoms with E-state index in [1.165, 1.54) is 12.1 Å². The van der Waals surface area contributed by atoms with Crippen molar-refractivity contribution in [1.82, 2.24) is 14.9 Å². The highest BCUT2D eigenvalue weighted by Crippen LogP contribution is 2.38. The minimum atomic E-state index is -4.65. The second-order valence-corrected chi connectivity index (χ2v) is 9.43. The molecule has 0 aliphatic rings. The van der Waals surface area contributed by atoms with Gasteiger partial charge < -0.3 is 15.0 Å². The molecule has 9 heteroatoms. The van der Waals surface area contributed by atoms with E-state index in [2.05, 4.69) is 32.0 Å². The van der Waals surface area contributed by atoms with Crippen LogP contribution in [0.4, 0.5) is 18.9 Å². The fraction of sp³-hybridized carbons (Fsp3) is 0.281. The summed E-state index contributed by atoms with van der Waals surface area (Å²) in [4.78, 5) is 23.8. The predicted molar refractivity (Wildman–Crippen MR) is 154 cm³/mol. The summed E-state index contributed by atoms with van der Waals surface area (Å²) in [6, 6.07) is 12.2. The Kier molecular flexibility index (Phi) is 9.58. The molecule has 4 aromatic rings. The maximum absolute atomic E-state index is 13.8. The molecule has 2 heterocycles. The van der Waals surface area contributed by atoms with Crippen LogP contribution < -0.4 is 10.1 Å². The summed E-state index contributed by atoms with van der Waals surface area (Å²) < 4.78 is 47.0. The van der Waals surface area contributed by atoms with Crippen molar-refractivity contribution in [3.05, 3.63) is 94.9 Å². The maximum atomic E-state index is 13.8. The number of carbonyl (C=O) groups is 1. The van der Waals surface area contributed by atoms with Crippen molar-refractivity contribution in [1.29, 1.82) is 0 Å². The molecular weight excluding hydrogens is 529 g/mol. The van der Waals surface area contributed by atoms with Crippen molar-refractivity contribution >= 4 is 22.5 Å². The molecule has 6 nitrogen and oxygen atoms in total. The first-order valence-electron chi connectivity index (χ1n) is 13.4. The Hall–Kier alpha value is -4.42. The summed E-state index contributed by atoms with van der Waals surface area (Å²) in [5.41, 5.74) is 2.15. The van der Waals surface area contributed by atoms with Crippen molar-refractivity contribution in [3.8, 4) is 17.6 Å². The van der Waals surface area contributed by atoms with Crippen LogP contribution in [-0.2, 0) is 6.18 Å². The predicted octanol–water partition coefficient (Wildman–Crippen LogP) is 6.72. The van der Waals surface area contributed by atoms with E-state index in [1.807, 2.05) is 32.9 Å². The van der Waals surface area contributed by atoms with Gasteiger partial charge in [0.2, 0.25) is 0 Å². The molecule has 41 heavy (non-hydrogen) atoms. The molecule has 0 radical (unpaired) electrons. The number of carbonyl (C=O) groups excluding carboxylic acids is 1. The Morgan fingerprint density at radius 2 is 1.80 bits per heavy atom. The quantitative estimate of drug-likeness (QED) is 0.182. The number of alkyl halides is 3. The van der Waals surface area contributed by atoms with Gasteiger partial charge in [-0.1, -0.05) is 31.8 Å². The van der Waals surface area contributed by atoms with Gasteiger partial charge in [0.05, 0.1) is 23.3 Å². The van der Waals surface area contributed by atoms with Gasteiger partial charge in [0.15, 0.2) is 0 Å². The Balaban J connectivity index is 1.50. The summed E-state index contributed by atoms with van der Waals surface area (Å²) in [5.74, 6) is 5.34. The number of ether oxygens (including phenoxy) is 1. The number of benzene rings is 2. The van der Waals surface area contributed by atoms with E-state index in [-0.39, 0.29) is 23.6 Å². The van der Waals surface area contributed by atoms with Crippen LogP contribution in [-0.4, -0.2) is 47.0 Å². The molecule has 0 aliphatic heterocycles. The van der Waals surface area contributed by atoms with E-state index < -0.39 is 17.6 Å². The molecule has 0 saturated heterocycles. The highest BCUT2D eigenvalue weighted by Gasteiger charge is 2.35. The van der Waals surface area contributed by atoms with Crippen molar-refractivity contribution < 1.29 is 22.7 Å². The van der Waals surface area contributed by atoms with E-state index in [9.17, 15) is 18.0 Å². The zero-order valence-corrected chi connectivity index (χ0v) is 23.2. The maximum Gasteiger partial charge on any atom is 0.420 e. The Labute approximate surface area is 237 Å². The summed E-state index contributed by atoms with van der Waals surface area (Å²) in [6.07, 6.45) is 0.974. The number of rotatable bonds is 9. The van der Waals surface area contributed by atoms with Crippen LogP contribution in [0.2, 0.25) is 0 Å². The van der Waals surface area contributed by atoms with Crippen LogP contribution in [0.15, 0.2) is 67.1 Å². The smallest absolute Gasteiger partial charge is 0.420 e. The van der Waals surface area contributed by atoms with Crippen LogP contribution >= 0.6 is 0 Å². The standard InChI is InChI=1S/C32H31F3N4O2/c1-4-39(5-2)16-7-17-41-29-14-13-27(19-28(29)32(33,34)35)38-31(40)24-10-9-22(3)23(18-24)11-12-26-21-36-20-25-8-6-15-37-30(25)26/h6,8-10,13-15,18-21H,4-5,7,16-17H2,1-3H3,(H,38,40). The van der Waals surface area contributed by atoms with E-state index in [4.69, 9.17) is 4.74 Å². The van der Waals surface area contributed by atoms with Gasteiger partial charge in [-0.3, -0.25) is 14.8 Å². The number of pyridine rings is 2. The lowest BCUT2D eigenvalue weighted by molar-refractivity contribution is -0.138. The zero-order valence-electron chi connectivity index (χ0n) is 23.2. The molecule has 4 rings (SSSR count). The number of fused-ring (bicyclic) bond motifs is 1. The number of halogens is 3. The van der Waals surface area contributed by atoms with Gasteiger partial charge in [-0.05, 0) is 74.5 Å². The third-order valence-corrected chi connectivity index (χ3v) is 6.66. The molecule has 1 amide bonds. The number of aryl methyl sites for hydroxylation is 1. The lowest BCUT2D eigenvalue weighted by Crippen LogP contribution is -2.25. The monoisotopic (exact) mass is 560 g/mol. The van der Waals surface area contributed by atoms with Crippen LogP contribution in [0, 0.1) is 18.8 Å². The Morgan fingerprint density at radius 1 is 1.02 bits per heavy atom. The average molecular weight is 561 g/mol. The largest absolute Gasteiger partial charge is 0.493 e. The Morgan fingerprint density at radius 3 is 2.56 bits per heavy atom. The molecule has 212 valence electrons. The van der Waals surface area contributed by atoms with E-state index in [1.54, 1.807) is 36.8 Å². The van der Waals surface area contributed by atoms with Crippen molar-refractivity contribution in [2.24, 2.45) is 0 Å². The molecule has 0 bridgehead atoms. The molecule has 0 atom stereocenters. The minimum absolute atomic E-state index is 0.0129. The molecule has 0 unspecified atom stereocenters. The first-order valence-corrected chi connectivity index (χ1v) is 13.4. The van der Waals surface area contributed by atoms with Crippen LogP contribution in [0.25, 0.3) is 10.9 Å². The summed E-state index contributed by atoms with van der Waals surface area (Å²) >= 11 is 0. The van der Waals surface area contributed by atoms with Crippen molar-refractivity contribution in [2.45, 2.75) is 33.4 Å². The normalized spacial score (nSPS) is 11.3. The molecule has 0 aliphatic carbocycles. The van der Waals surface area contributed by atoms with Gasteiger partial charge in [0.1, 0.15) is 5.75 Å². The van der Waals surface area contributed by atoms with Gasteiger partial charge in [0.25, 0.3) is 5.91 Å². The number of anilines is 1. The summed E-state index contributed by atoms with van der Waals surface area (Å²) in [5, 5.41) is 3.43. The van der Waals surface area contributed by atoms with E-state index in [0.717, 1.165) is 42.2 Å². The molecule has 2 aromatic heterocycles. The third kappa shape index (κ3) is 7.62. The van der Waals surface area contributed by atoms with Crippen molar-refractivity contribution in [3.63, 3.8) is 0 Å². The fourth-order valence-corrected chi connectivity index (χ4v) is 4.29. The van der Waals surface area contributed by atoms with Crippen molar-refractivity contribution in [2.75, 3.05) is 31.6 Å². The topological polar surface area (TPSA) is 67.3 Å². The Bertz CT molecular complexity index is 1580. The number of hydrogen-bond donors (Lipinski definition) is 1. The second kappa shape index (κ2) is 13.3. The highest BCUT2D eigenvalue weighted by molar-refractivity contribution is 6.04. The van der Waals surface area contributed by atoms with Gasteiger partial charge in [0, 0.05) is 47.3 Å². The lowest BCUT2D eigenvalue weighted by Gasteiger charge is -2.19. The first kappa shape index (κ1) is 29.6. The second-order valence-electron chi connectivity index (χ2n) is 9.43. The van der Waals surface area contributed by atoms with Gasteiger partial charge >= 0.3 is 6.18 Å². The molecule has 0 spiro atoms. The lowest BCUT2D eigenvalue weighted by atomic mass is 10.0. The number of nitrogens with one attached hydrogen (secondary N) is 1. The molecular formula is C32H31F3N4O2. The minimum Gasteiger partial charge on any atom is -0.493 e. The molecule has 2 aromatic carbocycles. The fourth-order valence-electron chi connectivity index (χ4n) is 4.29. The van der Waals surface area contributed by atoms with E-state index >= 15 is 0 Å². The van der Waals surface area contributed by atoms with Crippen LogP contribution in [0.1, 0.15) is 52.9 Å². The average Bonchev–Trinajstić information content (AvgIpc) is 2.96. The summed E-state index contributed by atoms with van der Waals surface area (Å²) in [6.45, 7) is 8.56. The first-order chi connectivity index (χ1) is 19.7. The van der Waals surface area contributed by atoms with Gasteiger partial charge in [-0.25, -0.2) is 0 Å². The molecule has 0 fully saturated rings. The van der Waals surface area contributed by atoms with Crippen LogP contribution in [0.3, 0.4) is 0 Å².